The van der Waals surface area contributed by atoms with E-state index >= 15 is 0 Å². The Morgan fingerprint density at radius 3 is 2.50 bits per heavy atom. The molecule has 0 fully saturated rings. The summed E-state index contributed by atoms with van der Waals surface area (Å²) in [5.74, 6) is -0.316. The molecule has 0 aliphatic heterocycles. The summed E-state index contributed by atoms with van der Waals surface area (Å²) in [7, 11) is 0. The number of nitrogens with zero attached hydrogens (tertiary/aromatic N) is 2. The van der Waals surface area contributed by atoms with Gasteiger partial charge in [0.25, 0.3) is 5.56 Å². The topological polar surface area (TPSA) is 117 Å². The van der Waals surface area contributed by atoms with Crippen molar-refractivity contribution in [3.63, 3.8) is 0 Å². The van der Waals surface area contributed by atoms with Crippen LogP contribution in [0.5, 0.6) is 0 Å². The van der Waals surface area contributed by atoms with Gasteiger partial charge in [-0.15, -0.1) is 10.2 Å². The summed E-state index contributed by atoms with van der Waals surface area (Å²) >= 11 is 1.08. The maximum Gasteiger partial charge on any atom is 0.278 e. The number of hydrogen-bond acceptors (Lipinski definition) is 6. The van der Waals surface area contributed by atoms with Gasteiger partial charge in [-0.1, -0.05) is 48.5 Å². The van der Waals surface area contributed by atoms with E-state index in [2.05, 4.69) is 25.8 Å². The lowest BCUT2D eigenvalue weighted by atomic mass is 10.1. The quantitative estimate of drug-likeness (QED) is 0.503. The van der Waals surface area contributed by atoms with Crippen molar-refractivity contribution in [2.45, 2.75) is 25.4 Å². The van der Waals surface area contributed by atoms with Crippen LogP contribution in [0.4, 0.5) is 11.4 Å². The van der Waals surface area contributed by atoms with E-state index in [0.717, 1.165) is 17.3 Å². The zero-order valence-electron chi connectivity index (χ0n) is 16.6. The van der Waals surface area contributed by atoms with Crippen LogP contribution >= 0.6 is 11.8 Å². The van der Waals surface area contributed by atoms with Gasteiger partial charge in [0.05, 0.1) is 11.4 Å². The van der Waals surface area contributed by atoms with Crippen molar-refractivity contribution in [3.8, 4) is 11.3 Å². The molecule has 0 spiro atoms. The number of aromatic nitrogens is 3. The molecule has 3 N–H and O–H groups in total. The molecular weight excluding hydrogens is 402 g/mol. The summed E-state index contributed by atoms with van der Waals surface area (Å²) in [5.41, 5.74) is 2.24. The molecule has 2 aromatic carbocycles. The number of amides is 2. The standard InChI is InChI=1S/C21H21N5O3S/c1-3-17(27)23-16-10-9-13(2)11-15(16)19-20(29)24-21(26-25-19)30-12-18(28)22-14-7-5-4-6-8-14/h4-11H,3,12H2,1-2H3,(H,22,28)(H,23,27)(H,24,26,29). The molecule has 0 saturated carbocycles. The summed E-state index contributed by atoms with van der Waals surface area (Å²) in [6.45, 7) is 3.63. The van der Waals surface area contributed by atoms with Gasteiger partial charge in [-0.3, -0.25) is 19.4 Å². The van der Waals surface area contributed by atoms with Gasteiger partial charge in [0.2, 0.25) is 11.8 Å². The van der Waals surface area contributed by atoms with E-state index in [-0.39, 0.29) is 28.4 Å². The van der Waals surface area contributed by atoms with Crippen LogP contribution in [-0.4, -0.2) is 32.7 Å². The van der Waals surface area contributed by atoms with Gasteiger partial charge in [0, 0.05) is 17.7 Å². The van der Waals surface area contributed by atoms with Crippen molar-refractivity contribution in [3.05, 3.63) is 64.4 Å². The normalized spacial score (nSPS) is 10.5. The van der Waals surface area contributed by atoms with Crippen LogP contribution in [-0.2, 0) is 9.59 Å². The second-order valence-electron chi connectivity index (χ2n) is 6.46. The van der Waals surface area contributed by atoms with E-state index in [0.29, 0.717) is 23.4 Å². The number of benzene rings is 2. The molecule has 1 heterocycles. The first-order valence-electron chi connectivity index (χ1n) is 9.32. The molecule has 0 radical (unpaired) electrons. The summed E-state index contributed by atoms with van der Waals surface area (Å²) in [4.78, 5) is 39.1. The first-order valence-corrected chi connectivity index (χ1v) is 10.3. The number of nitrogens with one attached hydrogen (secondary N) is 3. The minimum atomic E-state index is -0.450. The van der Waals surface area contributed by atoms with E-state index in [4.69, 9.17) is 0 Å². The molecule has 2 amide bonds. The molecule has 8 nitrogen and oxygen atoms in total. The van der Waals surface area contributed by atoms with Crippen molar-refractivity contribution in [1.82, 2.24) is 15.2 Å². The Balaban J connectivity index is 1.74. The van der Waals surface area contributed by atoms with Crippen LogP contribution in [0.25, 0.3) is 11.3 Å². The van der Waals surface area contributed by atoms with E-state index in [1.54, 1.807) is 31.2 Å². The monoisotopic (exact) mass is 423 g/mol. The highest BCUT2D eigenvalue weighted by Gasteiger charge is 2.15. The van der Waals surface area contributed by atoms with Crippen LogP contribution in [0, 0.1) is 6.92 Å². The highest BCUT2D eigenvalue weighted by Crippen LogP contribution is 2.26. The van der Waals surface area contributed by atoms with Gasteiger partial charge >= 0.3 is 0 Å². The lowest BCUT2D eigenvalue weighted by molar-refractivity contribution is -0.116. The predicted molar refractivity (Wildman–Crippen MR) is 118 cm³/mol. The first-order chi connectivity index (χ1) is 14.5. The van der Waals surface area contributed by atoms with Gasteiger partial charge in [-0.2, -0.15) is 0 Å². The molecule has 0 unspecified atom stereocenters. The lowest BCUT2D eigenvalue weighted by Gasteiger charge is -2.11. The molecule has 30 heavy (non-hydrogen) atoms. The fourth-order valence-electron chi connectivity index (χ4n) is 2.62. The molecular formula is C21H21N5O3S. The molecule has 9 heteroatoms. The summed E-state index contributed by atoms with van der Waals surface area (Å²) in [6, 6.07) is 14.4. The number of thioether (sulfide) groups is 1. The molecule has 3 rings (SSSR count). The van der Waals surface area contributed by atoms with Crippen molar-refractivity contribution in [2.75, 3.05) is 16.4 Å². The van der Waals surface area contributed by atoms with Crippen LogP contribution < -0.4 is 16.2 Å². The minimum absolute atomic E-state index is 0.0705. The average Bonchev–Trinajstić information content (AvgIpc) is 2.74. The Morgan fingerprint density at radius 2 is 1.80 bits per heavy atom. The number of aromatic amines is 1. The highest BCUT2D eigenvalue weighted by molar-refractivity contribution is 7.99. The predicted octanol–water partition coefficient (Wildman–Crippen LogP) is 3.22. The molecule has 0 saturated heterocycles. The lowest BCUT2D eigenvalue weighted by Crippen LogP contribution is -2.18. The second kappa shape index (κ2) is 9.84. The molecule has 154 valence electrons. The van der Waals surface area contributed by atoms with Gasteiger partial charge in [-0.25, -0.2) is 0 Å². The molecule has 0 atom stereocenters. The summed E-state index contributed by atoms with van der Waals surface area (Å²) in [6.07, 6.45) is 0.315. The van der Waals surface area contributed by atoms with Crippen LogP contribution in [0.15, 0.2) is 58.5 Å². The van der Waals surface area contributed by atoms with Crippen molar-refractivity contribution in [2.24, 2.45) is 0 Å². The molecule has 0 aliphatic carbocycles. The first kappa shape index (κ1) is 21.3. The smallest absolute Gasteiger partial charge is 0.278 e. The SMILES string of the molecule is CCC(=O)Nc1ccc(C)cc1-c1nnc(SCC(=O)Nc2ccccc2)[nH]c1=O. The second-order valence-corrected chi connectivity index (χ2v) is 7.43. The third-order valence-electron chi connectivity index (χ3n) is 4.10. The number of para-hydroxylation sites is 1. The van der Waals surface area contributed by atoms with Crippen LogP contribution in [0.2, 0.25) is 0 Å². The maximum atomic E-state index is 12.6. The zero-order valence-corrected chi connectivity index (χ0v) is 17.4. The van der Waals surface area contributed by atoms with Gasteiger partial charge in [0.1, 0.15) is 0 Å². The zero-order chi connectivity index (χ0) is 21.5. The van der Waals surface area contributed by atoms with E-state index in [1.165, 1.54) is 0 Å². The Hall–Kier alpha value is -3.46. The number of H-pyrrole nitrogens is 1. The van der Waals surface area contributed by atoms with E-state index in [9.17, 15) is 14.4 Å². The van der Waals surface area contributed by atoms with Crippen molar-refractivity contribution >= 4 is 35.0 Å². The van der Waals surface area contributed by atoms with E-state index < -0.39 is 5.56 Å². The molecule has 0 bridgehead atoms. The fraction of sp³-hybridized carbons (Fsp3) is 0.190. The number of aryl methyl sites for hydroxylation is 1. The van der Waals surface area contributed by atoms with Gasteiger partial charge in [0.15, 0.2) is 10.9 Å². The Kier molecular flexibility index (Phi) is 6.97. The molecule has 1 aromatic heterocycles. The van der Waals surface area contributed by atoms with E-state index in [1.807, 2.05) is 31.2 Å². The fourth-order valence-corrected chi connectivity index (χ4v) is 3.22. The number of carbonyl (C=O) groups is 2. The largest absolute Gasteiger partial charge is 0.325 e. The third-order valence-corrected chi connectivity index (χ3v) is 4.96. The van der Waals surface area contributed by atoms with Crippen LogP contribution in [0.3, 0.4) is 0 Å². The maximum absolute atomic E-state index is 12.6. The molecule has 3 aromatic rings. The minimum Gasteiger partial charge on any atom is -0.325 e. The Morgan fingerprint density at radius 1 is 1.03 bits per heavy atom. The Bertz CT molecular complexity index is 1120. The van der Waals surface area contributed by atoms with Crippen molar-refractivity contribution in [1.29, 1.82) is 0 Å². The highest BCUT2D eigenvalue weighted by atomic mass is 32.2. The van der Waals surface area contributed by atoms with Crippen molar-refractivity contribution < 1.29 is 9.59 Å². The number of carbonyl (C=O) groups excluding carboxylic acids is 2. The van der Waals surface area contributed by atoms with Crippen LogP contribution in [0.1, 0.15) is 18.9 Å². The Labute approximate surface area is 177 Å². The average molecular weight is 423 g/mol. The van der Waals surface area contributed by atoms with Gasteiger partial charge in [-0.05, 0) is 31.2 Å². The summed E-state index contributed by atoms with van der Waals surface area (Å²) < 4.78 is 0. The number of rotatable bonds is 7. The molecule has 0 aliphatic rings. The number of hydrogen-bond donors (Lipinski definition) is 3. The van der Waals surface area contributed by atoms with Gasteiger partial charge < -0.3 is 10.6 Å². The number of anilines is 2. The third kappa shape index (κ3) is 5.54. The summed E-state index contributed by atoms with van der Waals surface area (Å²) in [5, 5.41) is 13.8.